The highest BCUT2D eigenvalue weighted by Gasteiger charge is 2.29. The highest BCUT2D eigenvalue weighted by molar-refractivity contribution is 7.23. The molecular formula is C19H15NO5S. The number of carbonyl (C=O) groups is 2. The molecule has 1 atom stereocenters. The molecule has 0 saturated heterocycles. The van der Waals surface area contributed by atoms with E-state index in [1.54, 1.807) is 12.1 Å². The molecule has 4 rings (SSSR count). The van der Waals surface area contributed by atoms with Crippen molar-refractivity contribution >= 4 is 38.3 Å². The van der Waals surface area contributed by atoms with Crippen LogP contribution in [0.5, 0.6) is 11.5 Å². The zero-order valence-electron chi connectivity index (χ0n) is 13.9. The summed E-state index contributed by atoms with van der Waals surface area (Å²) in [5.41, 5.74) is 0.346. The Labute approximate surface area is 153 Å². The van der Waals surface area contributed by atoms with Crippen LogP contribution in [-0.4, -0.2) is 31.7 Å². The van der Waals surface area contributed by atoms with Gasteiger partial charge in [0, 0.05) is 10.1 Å². The minimum atomic E-state index is -0.805. The first-order chi connectivity index (χ1) is 12.7. The summed E-state index contributed by atoms with van der Waals surface area (Å²) in [6, 6.07) is 14.6. The number of anilines is 1. The van der Waals surface area contributed by atoms with E-state index in [0.29, 0.717) is 22.1 Å². The molecule has 2 aromatic carbocycles. The van der Waals surface area contributed by atoms with Crippen LogP contribution in [0.2, 0.25) is 0 Å². The third kappa shape index (κ3) is 2.86. The van der Waals surface area contributed by atoms with E-state index in [9.17, 15) is 9.59 Å². The van der Waals surface area contributed by atoms with Crippen molar-refractivity contribution in [1.82, 2.24) is 0 Å². The molecule has 1 aliphatic rings. The number of thiophene rings is 1. The third-order valence-electron chi connectivity index (χ3n) is 4.02. The number of hydrogen-bond acceptors (Lipinski definition) is 6. The Morgan fingerprint density at radius 2 is 1.85 bits per heavy atom. The third-order valence-corrected chi connectivity index (χ3v) is 5.11. The number of benzene rings is 2. The van der Waals surface area contributed by atoms with Gasteiger partial charge in [-0.15, -0.1) is 11.3 Å². The van der Waals surface area contributed by atoms with E-state index < -0.39 is 12.1 Å². The lowest BCUT2D eigenvalue weighted by Crippen LogP contribution is -2.40. The second kappa shape index (κ2) is 6.68. The Hall–Kier alpha value is -3.06. The normalized spacial score (nSPS) is 15.5. The van der Waals surface area contributed by atoms with Gasteiger partial charge in [-0.05, 0) is 18.2 Å². The molecule has 6 nitrogen and oxygen atoms in total. The second-order valence-corrected chi connectivity index (χ2v) is 6.70. The lowest BCUT2D eigenvalue weighted by molar-refractivity contribution is -0.125. The van der Waals surface area contributed by atoms with Gasteiger partial charge in [0.2, 0.25) is 6.10 Å². The number of carbonyl (C=O) groups excluding carboxylic acids is 2. The number of rotatable bonds is 3. The summed E-state index contributed by atoms with van der Waals surface area (Å²) in [4.78, 5) is 24.9. The molecule has 2 heterocycles. The number of methoxy groups -OCH3 is 1. The fourth-order valence-electron chi connectivity index (χ4n) is 2.78. The maximum Gasteiger partial charge on any atom is 0.341 e. The van der Waals surface area contributed by atoms with E-state index in [2.05, 4.69) is 5.32 Å². The Kier molecular flexibility index (Phi) is 4.22. The molecule has 3 aromatic rings. The van der Waals surface area contributed by atoms with E-state index in [4.69, 9.17) is 14.2 Å². The Morgan fingerprint density at radius 1 is 1.12 bits per heavy atom. The number of esters is 1. The molecule has 0 saturated carbocycles. The summed E-state index contributed by atoms with van der Waals surface area (Å²) in [6.07, 6.45) is -0.805. The van der Waals surface area contributed by atoms with Gasteiger partial charge in [-0.1, -0.05) is 30.3 Å². The van der Waals surface area contributed by atoms with Crippen molar-refractivity contribution in [3.8, 4) is 11.5 Å². The molecule has 1 aliphatic heterocycles. The maximum absolute atomic E-state index is 12.7. The predicted molar refractivity (Wildman–Crippen MR) is 98.1 cm³/mol. The predicted octanol–water partition coefficient (Wildman–Crippen LogP) is 3.47. The molecule has 1 unspecified atom stereocenters. The van der Waals surface area contributed by atoms with Crippen LogP contribution in [0, 0.1) is 0 Å². The highest BCUT2D eigenvalue weighted by Crippen LogP contribution is 2.37. The van der Waals surface area contributed by atoms with Crippen LogP contribution in [-0.2, 0) is 9.53 Å². The fourth-order valence-corrected chi connectivity index (χ4v) is 3.87. The molecular weight excluding hydrogens is 354 g/mol. The number of nitrogens with one attached hydrogen (secondary N) is 1. The van der Waals surface area contributed by atoms with Gasteiger partial charge in [0.15, 0.2) is 11.5 Å². The van der Waals surface area contributed by atoms with E-state index in [1.165, 1.54) is 18.4 Å². The number of hydrogen-bond donors (Lipinski definition) is 1. The first kappa shape index (κ1) is 16.4. The minimum Gasteiger partial charge on any atom is -0.485 e. The van der Waals surface area contributed by atoms with Gasteiger partial charge < -0.3 is 19.5 Å². The quantitative estimate of drug-likeness (QED) is 0.716. The zero-order chi connectivity index (χ0) is 18.1. The van der Waals surface area contributed by atoms with Crippen molar-refractivity contribution in [2.45, 2.75) is 6.10 Å². The summed E-state index contributed by atoms with van der Waals surface area (Å²) < 4.78 is 17.1. The summed E-state index contributed by atoms with van der Waals surface area (Å²) >= 11 is 1.32. The molecule has 1 N–H and O–H groups in total. The van der Waals surface area contributed by atoms with Crippen LogP contribution < -0.4 is 14.8 Å². The van der Waals surface area contributed by atoms with Crippen molar-refractivity contribution in [2.75, 3.05) is 19.0 Å². The number of fused-ring (bicyclic) bond motifs is 2. The number of ether oxygens (including phenoxy) is 3. The van der Waals surface area contributed by atoms with Crippen LogP contribution in [0.15, 0.2) is 48.5 Å². The lowest BCUT2D eigenvalue weighted by Gasteiger charge is -2.25. The molecule has 26 heavy (non-hydrogen) atoms. The molecule has 0 fully saturated rings. The molecule has 7 heteroatoms. The highest BCUT2D eigenvalue weighted by atomic mass is 32.1. The molecule has 1 amide bonds. The van der Waals surface area contributed by atoms with Gasteiger partial charge in [-0.2, -0.15) is 0 Å². The monoisotopic (exact) mass is 369 g/mol. The van der Waals surface area contributed by atoms with Crippen LogP contribution >= 0.6 is 11.3 Å². The van der Waals surface area contributed by atoms with Crippen LogP contribution in [0.25, 0.3) is 10.1 Å². The largest absolute Gasteiger partial charge is 0.485 e. The topological polar surface area (TPSA) is 73.9 Å². The Morgan fingerprint density at radius 3 is 2.65 bits per heavy atom. The molecule has 0 spiro atoms. The summed E-state index contributed by atoms with van der Waals surface area (Å²) in [6.45, 7) is 0.0985. The van der Waals surface area contributed by atoms with Crippen molar-refractivity contribution in [3.05, 3.63) is 54.1 Å². The van der Waals surface area contributed by atoms with Crippen molar-refractivity contribution < 1.29 is 23.8 Å². The maximum atomic E-state index is 12.7. The van der Waals surface area contributed by atoms with E-state index in [-0.39, 0.29) is 12.5 Å². The van der Waals surface area contributed by atoms with Gasteiger partial charge in [0.25, 0.3) is 5.91 Å². The van der Waals surface area contributed by atoms with E-state index >= 15 is 0 Å². The average molecular weight is 369 g/mol. The van der Waals surface area contributed by atoms with Crippen molar-refractivity contribution in [3.63, 3.8) is 0 Å². The van der Waals surface area contributed by atoms with Gasteiger partial charge in [-0.25, -0.2) is 4.79 Å². The van der Waals surface area contributed by atoms with Gasteiger partial charge in [-0.3, -0.25) is 4.79 Å². The fraction of sp³-hybridized carbons (Fsp3) is 0.158. The van der Waals surface area contributed by atoms with Crippen molar-refractivity contribution in [2.24, 2.45) is 0 Å². The number of para-hydroxylation sites is 2. The van der Waals surface area contributed by atoms with Gasteiger partial charge in [0.05, 0.1) is 7.11 Å². The zero-order valence-corrected chi connectivity index (χ0v) is 14.7. The first-order valence-corrected chi connectivity index (χ1v) is 8.78. The van der Waals surface area contributed by atoms with Crippen LogP contribution in [0.4, 0.5) is 5.00 Å². The number of amides is 1. The minimum absolute atomic E-state index is 0.0985. The van der Waals surface area contributed by atoms with Crippen molar-refractivity contribution in [1.29, 1.82) is 0 Å². The van der Waals surface area contributed by atoms with Crippen LogP contribution in [0.1, 0.15) is 10.4 Å². The average Bonchev–Trinajstić information content (AvgIpc) is 3.04. The smallest absolute Gasteiger partial charge is 0.341 e. The summed E-state index contributed by atoms with van der Waals surface area (Å²) in [7, 11) is 1.31. The Balaban J connectivity index is 1.61. The first-order valence-electron chi connectivity index (χ1n) is 7.96. The standard InChI is InChI=1S/C19H15NO5S/c1-23-19(22)16-11-6-2-5-9-15(11)26-18(16)20-17(21)14-10-24-12-7-3-4-8-13(12)25-14/h2-9,14H,10H2,1H3,(H,20,21). The SMILES string of the molecule is COC(=O)c1c(NC(=O)C2COc3ccccc3O2)sc2ccccc12. The molecule has 0 bridgehead atoms. The van der Waals surface area contributed by atoms with Gasteiger partial charge >= 0.3 is 5.97 Å². The molecule has 0 aliphatic carbocycles. The Bertz CT molecular complexity index is 997. The summed E-state index contributed by atoms with van der Waals surface area (Å²) in [5.74, 6) is 0.247. The second-order valence-electron chi connectivity index (χ2n) is 5.65. The van der Waals surface area contributed by atoms with E-state index in [0.717, 1.165) is 10.1 Å². The van der Waals surface area contributed by atoms with E-state index in [1.807, 2.05) is 36.4 Å². The van der Waals surface area contributed by atoms with Crippen LogP contribution in [0.3, 0.4) is 0 Å². The molecule has 132 valence electrons. The lowest BCUT2D eigenvalue weighted by atomic mass is 10.1. The molecule has 1 aromatic heterocycles. The molecule has 0 radical (unpaired) electrons. The summed E-state index contributed by atoms with van der Waals surface area (Å²) in [5, 5.41) is 3.97. The van der Waals surface area contributed by atoms with Gasteiger partial charge in [0.1, 0.15) is 17.2 Å².